The van der Waals surface area contributed by atoms with Gasteiger partial charge >= 0.3 is 0 Å². The molecule has 2 aromatic heterocycles. The van der Waals surface area contributed by atoms with Crippen molar-refractivity contribution in [2.45, 2.75) is 6.42 Å². The number of aromatic nitrogens is 2. The second-order valence-corrected chi connectivity index (χ2v) is 3.80. The van der Waals surface area contributed by atoms with Crippen LogP contribution in [0.5, 0.6) is 0 Å². The predicted molar refractivity (Wildman–Crippen MR) is 63.8 cm³/mol. The maximum Gasteiger partial charge on any atom is 0.267 e. The Kier molecular flexibility index (Phi) is 3.41. The summed E-state index contributed by atoms with van der Waals surface area (Å²) in [7, 11) is 0. The van der Waals surface area contributed by atoms with Crippen LogP contribution in [0.1, 0.15) is 16.9 Å². The van der Waals surface area contributed by atoms with E-state index in [-0.39, 0.29) is 5.91 Å². The van der Waals surface area contributed by atoms with Crippen molar-refractivity contribution in [2.24, 2.45) is 0 Å². The normalized spacial score (nSPS) is 10.6. The van der Waals surface area contributed by atoms with Crippen LogP contribution < -0.4 is 5.32 Å². The maximum absolute atomic E-state index is 11.7. The second-order valence-electron chi connectivity index (χ2n) is 3.42. The number of carbonyl (C=O) groups excluding carboxylic acids is 1. The summed E-state index contributed by atoms with van der Waals surface area (Å²) in [6.45, 7) is 0.588. The van der Waals surface area contributed by atoms with Gasteiger partial charge in [0.05, 0.1) is 11.0 Å². The molecule has 0 aliphatic carbocycles. The number of pyridine rings is 1. The van der Waals surface area contributed by atoms with Crippen molar-refractivity contribution in [3.05, 3.63) is 30.1 Å². The number of nitrogens with one attached hydrogen (secondary N) is 2. The first-order valence-electron chi connectivity index (χ1n) is 5.09. The van der Waals surface area contributed by atoms with Gasteiger partial charge in [0.15, 0.2) is 0 Å². The highest BCUT2D eigenvalue weighted by molar-refractivity contribution is 6.17. The van der Waals surface area contributed by atoms with Gasteiger partial charge in [-0.2, -0.15) is 0 Å². The number of hydrogen-bond acceptors (Lipinski definition) is 2. The SMILES string of the molecule is O=C(NCCCCl)c1cc2ncccc2[nH]1. The summed E-state index contributed by atoms with van der Waals surface area (Å²) >= 11 is 5.53. The fourth-order valence-electron chi connectivity index (χ4n) is 1.44. The highest BCUT2D eigenvalue weighted by Gasteiger charge is 2.08. The first-order chi connectivity index (χ1) is 7.81. The van der Waals surface area contributed by atoms with Crippen LogP contribution in [0.15, 0.2) is 24.4 Å². The van der Waals surface area contributed by atoms with Gasteiger partial charge in [0.1, 0.15) is 5.69 Å². The van der Waals surface area contributed by atoms with Crippen molar-refractivity contribution >= 4 is 28.5 Å². The van der Waals surface area contributed by atoms with E-state index in [1.807, 2.05) is 12.1 Å². The fraction of sp³-hybridized carbons (Fsp3) is 0.273. The zero-order valence-electron chi connectivity index (χ0n) is 8.66. The Bertz CT molecular complexity index is 462. The Morgan fingerprint density at radius 1 is 1.56 bits per heavy atom. The molecule has 0 aliphatic rings. The van der Waals surface area contributed by atoms with Crippen LogP contribution in [-0.2, 0) is 0 Å². The number of halogens is 1. The summed E-state index contributed by atoms with van der Waals surface area (Å²) in [5, 5.41) is 2.78. The summed E-state index contributed by atoms with van der Waals surface area (Å²) in [6.07, 6.45) is 2.47. The van der Waals surface area contributed by atoms with Crippen LogP contribution in [0.4, 0.5) is 0 Å². The molecule has 2 heterocycles. The number of H-pyrrole nitrogens is 1. The van der Waals surface area contributed by atoms with Crippen LogP contribution in [0.3, 0.4) is 0 Å². The van der Waals surface area contributed by atoms with E-state index >= 15 is 0 Å². The highest BCUT2D eigenvalue weighted by atomic mass is 35.5. The van der Waals surface area contributed by atoms with Crippen molar-refractivity contribution in [3.8, 4) is 0 Å². The van der Waals surface area contributed by atoms with E-state index in [0.717, 1.165) is 17.5 Å². The van der Waals surface area contributed by atoms with E-state index < -0.39 is 0 Å². The fourth-order valence-corrected chi connectivity index (χ4v) is 1.58. The van der Waals surface area contributed by atoms with Gasteiger partial charge in [-0.25, -0.2) is 0 Å². The zero-order valence-corrected chi connectivity index (χ0v) is 9.42. The third-order valence-electron chi connectivity index (χ3n) is 2.23. The van der Waals surface area contributed by atoms with Gasteiger partial charge in [-0.05, 0) is 24.6 Å². The van der Waals surface area contributed by atoms with E-state index in [9.17, 15) is 4.79 Å². The minimum atomic E-state index is -0.122. The van der Waals surface area contributed by atoms with Crippen molar-refractivity contribution in [1.29, 1.82) is 0 Å². The van der Waals surface area contributed by atoms with Crippen LogP contribution in [0.25, 0.3) is 11.0 Å². The van der Waals surface area contributed by atoms with Gasteiger partial charge in [0.2, 0.25) is 0 Å². The minimum Gasteiger partial charge on any atom is -0.351 e. The van der Waals surface area contributed by atoms with Gasteiger partial charge in [-0.3, -0.25) is 9.78 Å². The molecule has 84 valence electrons. The molecule has 0 unspecified atom stereocenters. The molecule has 5 heteroatoms. The first kappa shape index (κ1) is 11.0. The molecule has 0 atom stereocenters. The molecule has 0 spiro atoms. The molecule has 0 saturated carbocycles. The third kappa shape index (κ3) is 2.33. The molecule has 0 aliphatic heterocycles. The Morgan fingerprint density at radius 3 is 3.19 bits per heavy atom. The smallest absolute Gasteiger partial charge is 0.267 e. The molecule has 0 saturated heterocycles. The van der Waals surface area contributed by atoms with E-state index in [2.05, 4.69) is 15.3 Å². The molecule has 0 aromatic carbocycles. The van der Waals surface area contributed by atoms with Gasteiger partial charge < -0.3 is 10.3 Å². The van der Waals surface area contributed by atoms with Crippen molar-refractivity contribution in [2.75, 3.05) is 12.4 Å². The van der Waals surface area contributed by atoms with E-state index in [4.69, 9.17) is 11.6 Å². The molecule has 0 fully saturated rings. The Labute approximate surface area is 98.0 Å². The number of amides is 1. The predicted octanol–water partition coefficient (Wildman–Crippen LogP) is 1.92. The standard InChI is InChI=1S/C11H12ClN3O/c12-4-2-6-14-11(16)10-7-9-8(15-10)3-1-5-13-9/h1,3,5,7,15H,2,4,6H2,(H,14,16). The third-order valence-corrected chi connectivity index (χ3v) is 2.50. The Morgan fingerprint density at radius 2 is 2.44 bits per heavy atom. The highest BCUT2D eigenvalue weighted by Crippen LogP contribution is 2.11. The maximum atomic E-state index is 11.7. The van der Waals surface area contributed by atoms with E-state index in [1.54, 1.807) is 12.3 Å². The lowest BCUT2D eigenvalue weighted by Crippen LogP contribution is -2.24. The number of fused-ring (bicyclic) bond motifs is 1. The summed E-state index contributed by atoms with van der Waals surface area (Å²) in [5.41, 5.74) is 2.19. The Hall–Kier alpha value is -1.55. The second kappa shape index (κ2) is 4.99. The Balaban J connectivity index is 2.11. The molecule has 0 bridgehead atoms. The minimum absolute atomic E-state index is 0.122. The summed E-state index contributed by atoms with van der Waals surface area (Å²) in [6, 6.07) is 5.46. The zero-order chi connectivity index (χ0) is 11.4. The molecule has 1 amide bonds. The number of rotatable bonds is 4. The number of alkyl halides is 1. The average Bonchev–Trinajstić information content (AvgIpc) is 2.73. The molecular weight excluding hydrogens is 226 g/mol. The van der Waals surface area contributed by atoms with Gasteiger partial charge in [0, 0.05) is 18.6 Å². The number of carbonyl (C=O) groups is 1. The van der Waals surface area contributed by atoms with Crippen molar-refractivity contribution in [1.82, 2.24) is 15.3 Å². The summed E-state index contributed by atoms with van der Waals surface area (Å²) in [5.74, 6) is 0.428. The monoisotopic (exact) mass is 237 g/mol. The van der Waals surface area contributed by atoms with Gasteiger partial charge in [-0.1, -0.05) is 0 Å². The summed E-state index contributed by atoms with van der Waals surface area (Å²) in [4.78, 5) is 18.8. The number of aromatic amines is 1. The van der Waals surface area contributed by atoms with Gasteiger partial charge in [0.25, 0.3) is 5.91 Å². The van der Waals surface area contributed by atoms with Gasteiger partial charge in [-0.15, -0.1) is 11.6 Å². The number of nitrogens with zero attached hydrogens (tertiary/aromatic N) is 1. The van der Waals surface area contributed by atoms with Crippen LogP contribution in [0.2, 0.25) is 0 Å². The lowest BCUT2D eigenvalue weighted by atomic mass is 10.3. The lowest BCUT2D eigenvalue weighted by Gasteiger charge is -2.00. The molecule has 2 rings (SSSR count). The molecule has 2 N–H and O–H groups in total. The van der Waals surface area contributed by atoms with Crippen LogP contribution in [0, 0.1) is 0 Å². The van der Waals surface area contributed by atoms with Crippen LogP contribution in [-0.4, -0.2) is 28.3 Å². The van der Waals surface area contributed by atoms with E-state index in [0.29, 0.717) is 18.1 Å². The molecule has 2 aromatic rings. The largest absolute Gasteiger partial charge is 0.351 e. The lowest BCUT2D eigenvalue weighted by molar-refractivity contribution is 0.0949. The van der Waals surface area contributed by atoms with Crippen molar-refractivity contribution in [3.63, 3.8) is 0 Å². The van der Waals surface area contributed by atoms with Crippen molar-refractivity contribution < 1.29 is 4.79 Å². The average molecular weight is 238 g/mol. The quantitative estimate of drug-likeness (QED) is 0.631. The van der Waals surface area contributed by atoms with E-state index in [1.165, 1.54) is 0 Å². The molecule has 16 heavy (non-hydrogen) atoms. The number of hydrogen-bond donors (Lipinski definition) is 2. The topological polar surface area (TPSA) is 57.8 Å². The summed E-state index contributed by atoms with van der Waals surface area (Å²) < 4.78 is 0. The molecule has 4 nitrogen and oxygen atoms in total. The van der Waals surface area contributed by atoms with Crippen LogP contribution >= 0.6 is 11.6 Å². The first-order valence-corrected chi connectivity index (χ1v) is 5.62. The molecular formula is C11H12ClN3O. The molecule has 0 radical (unpaired) electrons.